The fourth-order valence-electron chi connectivity index (χ4n) is 3.51. The van der Waals surface area contributed by atoms with E-state index in [1.54, 1.807) is 23.7 Å². The molecule has 2 aromatic carbocycles. The molecule has 0 bridgehead atoms. The Morgan fingerprint density at radius 1 is 1.19 bits per heavy atom. The van der Waals surface area contributed by atoms with Gasteiger partial charge in [-0.15, -0.1) is 11.3 Å². The molecule has 158 valence electrons. The Kier molecular flexibility index (Phi) is 6.23. The molecule has 1 amide bonds. The van der Waals surface area contributed by atoms with Gasteiger partial charge in [0.2, 0.25) is 5.91 Å². The maximum atomic E-state index is 12.5. The van der Waals surface area contributed by atoms with Crippen molar-refractivity contribution in [2.75, 3.05) is 6.61 Å². The van der Waals surface area contributed by atoms with Gasteiger partial charge in [-0.25, -0.2) is 0 Å². The lowest BCUT2D eigenvalue weighted by molar-refractivity contribution is -0.116. The number of hydrogen-bond acceptors (Lipinski definition) is 4. The Balaban J connectivity index is 1.68. The largest absolute Gasteiger partial charge is 0.493 e. The summed E-state index contributed by atoms with van der Waals surface area (Å²) >= 11 is 1.63. The standard InChI is InChI=1S/C26H25NO3S/c1-4-29-24-14-25-22(23(16-30-25)19-9-7-17(2)8-10-19)13-21(24)18(3)12-26(28)27-15-20-6-5-11-31-20/h5-14,16H,4,15H2,1-3H3,(H,27,28)/b18-12+. The van der Waals surface area contributed by atoms with Crippen molar-refractivity contribution < 1.29 is 13.9 Å². The summed E-state index contributed by atoms with van der Waals surface area (Å²) in [7, 11) is 0. The number of benzene rings is 2. The average molecular weight is 432 g/mol. The molecule has 2 heterocycles. The first-order valence-electron chi connectivity index (χ1n) is 10.3. The molecule has 0 saturated carbocycles. The summed E-state index contributed by atoms with van der Waals surface area (Å²) in [5, 5.41) is 5.94. The highest BCUT2D eigenvalue weighted by molar-refractivity contribution is 7.09. The van der Waals surface area contributed by atoms with Crippen molar-refractivity contribution in [1.29, 1.82) is 0 Å². The van der Waals surface area contributed by atoms with Crippen LogP contribution in [-0.2, 0) is 11.3 Å². The highest BCUT2D eigenvalue weighted by Crippen LogP contribution is 2.37. The van der Waals surface area contributed by atoms with Crippen LogP contribution in [0.15, 0.2) is 70.7 Å². The number of carbonyl (C=O) groups is 1. The van der Waals surface area contributed by atoms with Crippen molar-refractivity contribution in [3.8, 4) is 16.9 Å². The molecule has 31 heavy (non-hydrogen) atoms. The molecular weight excluding hydrogens is 406 g/mol. The van der Waals surface area contributed by atoms with Crippen molar-refractivity contribution in [3.05, 3.63) is 82.3 Å². The van der Waals surface area contributed by atoms with Crippen molar-refractivity contribution in [2.45, 2.75) is 27.3 Å². The van der Waals surface area contributed by atoms with E-state index < -0.39 is 0 Å². The summed E-state index contributed by atoms with van der Waals surface area (Å²) in [6.07, 6.45) is 3.41. The minimum absolute atomic E-state index is 0.126. The number of hydrogen-bond donors (Lipinski definition) is 1. The van der Waals surface area contributed by atoms with E-state index in [1.165, 1.54) is 5.56 Å². The zero-order chi connectivity index (χ0) is 21.8. The maximum Gasteiger partial charge on any atom is 0.244 e. The van der Waals surface area contributed by atoms with Crippen molar-refractivity contribution in [3.63, 3.8) is 0 Å². The highest BCUT2D eigenvalue weighted by atomic mass is 32.1. The number of rotatable bonds is 7. The Morgan fingerprint density at radius 3 is 2.71 bits per heavy atom. The molecule has 2 aromatic heterocycles. The molecule has 0 atom stereocenters. The molecule has 5 heteroatoms. The number of fused-ring (bicyclic) bond motifs is 1. The van der Waals surface area contributed by atoms with E-state index in [4.69, 9.17) is 9.15 Å². The van der Waals surface area contributed by atoms with Crippen LogP contribution in [0.25, 0.3) is 27.7 Å². The summed E-state index contributed by atoms with van der Waals surface area (Å²) in [4.78, 5) is 13.6. The number of nitrogens with one attached hydrogen (secondary N) is 1. The van der Waals surface area contributed by atoms with Crippen LogP contribution in [0, 0.1) is 6.92 Å². The molecule has 0 aliphatic carbocycles. The molecular formula is C26H25NO3S. The summed E-state index contributed by atoms with van der Waals surface area (Å²) in [6.45, 7) is 7.00. The second-order valence-electron chi connectivity index (χ2n) is 7.42. The fourth-order valence-corrected chi connectivity index (χ4v) is 4.15. The van der Waals surface area contributed by atoms with Crippen LogP contribution in [0.3, 0.4) is 0 Å². The van der Waals surface area contributed by atoms with Crippen molar-refractivity contribution in [1.82, 2.24) is 5.32 Å². The Bertz CT molecular complexity index is 1220. The number of thiophene rings is 1. The van der Waals surface area contributed by atoms with Gasteiger partial charge in [-0.05, 0) is 49.4 Å². The van der Waals surface area contributed by atoms with Gasteiger partial charge in [0.25, 0.3) is 0 Å². The molecule has 0 aliphatic heterocycles. The summed E-state index contributed by atoms with van der Waals surface area (Å²) in [5.74, 6) is 0.582. The minimum atomic E-state index is -0.126. The van der Waals surface area contributed by atoms with Gasteiger partial charge in [-0.3, -0.25) is 4.79 Å². The Labute approximate surface area is 186 Å². The first kappa shape index (κ1) is 20.9. The number of carbonyl (C=O) groups excluding carboxylic acids is 1. The zero-order valence-electron chi connectivity index (χ0n) is 17.9. The van der Waals surface area contributed by atoms with Gasteiger partial charge >= 0.3 is 0 Å². The highest BCUT2D eigenvalue weighted by Gasteiger charge is 2.15. The van der Waals surface area contributed by atoms with Gasteiger partial charge in [-0.1, -0.05) is 35.9 Å². The van der Waals surface area contributed by atoms with Gasteiger partial charge in [-0.2, -0.15) is 0 Å². The predicted octanol–water partition coefficient (Wildman–Crippen LogP) is 6.59. The van der Waals surface area contributed by atoms with Crippen LogP contribution in [0.1, 0.15) is 29.9 Å². The van der Waals surface area contributed by atoms with Gasteiger partial charge in [0, 0.05) is 33.5 Å². The van der Waals surface area contributed by atoms with E-state index in [1.807, 2.05) is 37.4 Å². The molecule has 0 unspecified atom stereocenters. The normalized spacial score (nSPS) is 11.6. The first-order chi connectivity index (χ1) is 15.0. The summed E-state index contributed by atoms with van der Waals surface area (Å²) < 4.78 is 11.7. The molecule has 0 radical (unpaired) electrons. The van der Waals surface area contributed by atoms with E-state index in [0.29, 0.717) is 18.9 Å². The lowest BCUT2D eigenvalue weighted by Crippen LogP contribution is -2.20. The molecule has 4 rings (SSSR count). The number of allylic oxidation sites excluding steroid dienone is 1. The number of amides is 1. The second-order valence-corrected chi connectivity index (χ2v) is 8.45. The van der Waals surface area contributed by atoms with E-state index in [0.717, 1.165) is 38.1 Å². The van der Waals surface area contributed by atoms with Gasteiger partial charge in [0.15, 0.2) is 0 Å². The van der Waals surface area contributed by atoms with E-state index in [-0.39, 0.29) is 5.91 Å². The smallest absolute Gasteiger partial charge is 0.244 e. The third-order valence-electron chi connectivity index (χ3n) is 5.13. The Hall–Kier alpha value is -3.31. The van der Waals surface area contributed by atoms with Gasteiger partial charge in [0.1, 0.15) is 11.3 Å². The van der Waals surface area contributed by atoms with Crippen LogP contribution in [0.2, 0.25) is 0 Å². The molecule has 0 fully saturated rings. The van der Waals surface area contributed by atoms with Crippen LogP contribution in [-0.4, -0.2) is 12.5 Å². The van der Waals surface area contributed by atoms with E-state index in [9.17, 15) is 4.79 Å². The maximum absolute atomic E-state index is 12.5. The number of aryl methyl sites for hydroxylation is 1. The molecule has 0 aliphatic rings. The van der Waals surface area contributed by atoms with E-state index >= 15 is 0 Å². The lowest BCUT2D eigenvalue weighted by Gasteiger charge is -2.12. The quantitative estimate of drug-likeness (QED) is 0.336. The molecule has 1 N–H and O–H groups in total. The molecule has 4 aromatic rings. The second kappa shape index (κ2) is 9.23. The molecule has 4 nitrogen and oxygen atoms in total. The average Bonchev–Trinajstić information content (AvgIpc) is 3.42. The third kappa shape index (κ3) is 4.72. The molecule has 0 spiro atoms. The zero-order valence-corrected chi connectivity index (χ0v) is 18.7. The Morgan fingerprint density at radius 2 is 2.00 bits per heavy atom. The predicted molar refractivity (Wildman–Crippen MR) is 127 cm³/mol. The van der Waals surface area contributed by atoms with Crippen LogP contribution >= 0.6 is 11.3 Å². The lowest BCUT2D eigenvalue weighted by atomic mass is 9.99. The van der Waals surface area contributed by atoms with Crippen LogP contribution < -0.4 is 10.1 Å². The third-order valence-corrected chi connectivity index (χ3v) is 6.00. The monoisotopic (exact) mass is 431 g/mol. The van der Waals surface area contributed by atoms with Crippen LogP contribution in [0.4, 0.5) is 0 Å². The summed E-state index contributed by atoms with van der Waals surface area (Å²) in [5.41, 5.74) is 5.81. The van der Waals surface area contributed by atoms with Crippen molar-refractivity contribution >= 4 is 33.8 Å². The fraction of sp³-hybridized carbons (Fsp3) is 0.192. The number of furan rings is 1. The molecule has 0 saturated heterocycles. The minimum Gasteiger partial charge on any atom is -0.493 e. The van der Waals surface area contributed by atoms with Crippen LogP contribution in [0.5, 0.6) is 5.75 Å². The van der Waals surface area contributed by atoms with Gasteiger partial charge in [0.05, 0.1) is 19.4 Å². The van der Waals surface area contributed by atoms with Gasteiger partial charge < -0.3 is 14.5 Å². The topological polar surface area (TPSA) is 51.5 Å². The summed E-state index contributed by atoms with van der Waals surface area (Å²) in [6, 6.07) is 16.3. The SMILES string of the molecule is CCOc1cc2occ(-c3ccc(C)cc3)c2cc1/C(C)=C/C(=O)NCc1cccs1. The number of ether oxygens (including phenoxy) is 1. The van der Waals surface area contributed by atoms with E-state index in [2.05, 4.69) is 42.6 Å². The first-order valence-corrected chi connectivity index (χ1v) is 11.2. The van der Waals surface area contributed by atoms with Crippen molar-refractivity contribution in [2.24, 2.45) is 0 Å².